The number of nitrogens with zero attached hydrogens (tertiary/aromatic N) is 3. The molecule has 0 aliphatic rings. The molecule has 4 nitrogen and oxygen atoms in total. The maximum absolute atomic E-state index is 6.43. The fourth-order valence-electron chi connectivity index (χ4n) is 5.41. The predicted octanol–water partition coefficient (Wildman–Crippen LogP) is 9.99. The van der Waals surface area contributed by atoms with E-state index in [-0.39, 0.29) is 25.5 Å². The molecule has 0 N–H and O–H groups in total. The van der Waals surface area contributed by atoms with Crippen molar-refractivity contribution in [1.29, 1.82) is 0 Å². The quantitative estimate of drug-likeness (QED) is 0.131. The van der Waals surface area contributed by atoms with Crippen LogP contribution in [-0.2, 0) is 25.5 Å². The normalized spacial score (nSPS) is 11.3. The van der Waals surface area contributed by atoms with Gasteiger partial charge in [0.2, 0.25) is 0 Å². The zero-order valence-corrected chi connectivity index (χ0v) is 27.0. The van der Waals surface area contributed by atoms with Crippen LogP contribution in [0.5, 0.6) is 0 Å². The monoisotopic (exact) mass is 748 g/mol. The SMILES string of the molecule is CC(C)(C)c1cc(-c2[c-]ccc3c2oc2cc4c(ccc5ccccc54)cc23)ncn1.[Ir].[c-]1ccccc1-c1ccccn1. The Labute approximate surface area is 270 Å². The molecule has 0 spiro atoms. The average Bonchev–Trinajstić information content (AvgIpc) is 3.42. The molecular weight excluding hydrogens is 719 g/mol. The fourth-order valence-corrected chi connectivity index (χ4v) is 5.41. The summed E-state index contributed by atoms with van der Waals surface area (Å²) in [6, 6.07) is 43.5. The van der Waals surface area contributed by atoms with Crippen LogP contribution in [0, 0.1) is 12.1 Å². The Hall–Kier alpha value is -4.70. The minimum absolute atomic E-state index is 0. The molecule has 0 atom stereocenters. The Morgan fingerprint density at radius 3 is 2.23 bits per heavy atom. The third-order valence-electron chi connectivity index (χ3n) is 7.64. The van der Waals surface area contributed by atoms with Gasteiger partial charge in [-0.05, 0) is 51.1 Å². The minimum atomic E-state index is -0.0573. The van der Waals surface area contributed by atoms with E-state index in [0.29, 0.717) is 0 Å². The third-order valence-corrected chi connectivity index (χ3v) is 7.64. The van der Waals surface area contributed by atoms with E-state index in [2.05, 4.69) is 102 Å². The van der Waals surface area contributed by atoms with Crippen LogP contribution >= 0.6 is 0 Å². The molecule has 44 heavy (non-hydrogen) atoms. The van der Waals surface area contributed by atoms with Crippen LogP contribution < -0.4 is 0 Å². The van der Waals surface area contributed by atoms with Crippen LogP contribution in [-0.4, -0.2) is 15.0 Å². The van der Waals surface area contributed by atoms with Gasteiger partial charge in [0, 0.05) is 42.8 Å². The first-order chi connectivity index (χ1) is 21.0. The molecule has 0 aliphatic carbocycles. The van der Waals surface area contributed by atoms with Crippen molar-refractivity contribution in [2.24, 2.45) is 0 Å². The summed E-state index contributed by atoms with van der Waals surface area (Å²) in [5.41, 5.74) is 6.35. The van der Waals surface area contributed by atoms with Crippen LogP contribution in [0.1, 0.15) is 26.5 Å². The Bertz CT molecular complexity index is 2180. The molecule has 8 rings (SSSR count). The van der Waals surface area contributed by atoms with E-state index >= 15 is 0 Å². The number of fused-ring (bicyclic) bond motifs is 6. The van der Waals surface area contributed by atoms with Gasteiger partial charge >= 0.3 is 0 Å². The van der Waals surface area contributed by atoms with Gasteiger partial charge in [0.05, 0.1) is 5.58 Å². The topological polar surface area (TPSA) is 51.8 Å². The average molecular weight is 748 g/mol. The van der Waals surface area contributed by atoms with Crippen molar-refractivity contribution in [3.05, 3.63) is 140 Å². The zero-order valence-electron chi connectivity index (χ0n) is 24.6. The number of aromatic nitrogens is 3. The van der Waals surface area contributed by atoms with Crippen molar-refractivity contribution in [3.63, 3.8) is 0 Å². The van der Waals surface area contributed by atoms with Crippen molar-refractivity contribution in [1.82, 2.24) is 15.0 Å². The molecule has 0 fully saturated rings. The second kappa shape index (κ2) is 12.1. The van der Waals surface area contributed by atoms with Gasteiger partial charge in [0.1, 0.15) is 11.9 Å². The summed E-state index contributed by atoms with van der Waals surface area (Å²) in [6.07, 6.45) is 3.42. The van der Waals surface area contributed by atoms with Crippen molar-refractivity contribution in [3.8, 4) is 22.5 Å². The number of hydrogen-bond donors (Lipinski definition) is 0. The van der Waals surface area contributed by atoms with Gasteiger partial charge in [-0.2, -0.15) is 0 Å². The molecule has 0 aliphatic heterocycles. The minimum Gasteiger partial charge on any atom is -0.501 e. The standard InChI is InChI=1S/C28H21N2O.C11H8N.Ir/c1-28(2,3)26-15-24(29-16-30-26)21-10-6-9-20-23-13-18-12-11-17-7-4-5-8-19(17)22(18)14-25(23)31-27(20)21;1-2-6-10(7-3-1)11-8-4-5-9-12-11;/h4-9,11-16H,1-3H3;1-6,8-9H;/q2*-1;. The van der Waals surface area contributed by atoms with Gasteiger partial charge in [-0.25, -0.2) is 4.98 Å². The number of furan rings is 1. The number of pyridine rings is 1. The largest absolute Gasteiger partial charge is 0.501 e. The third kappa shape index (κ3) is 5.65. The second-order valence-electron chi connectivity index (χ2n) is 11.6. The number of benzene rings is 5. The molecule has 1 radical (unpaired) electrons. The van der Waals surface area contributed by atoms with Gasteiger partial charge in [-0.3, -0.25) is 4.98 Å². The van der Waals surface area contributed by atoms with E-state index < -0.39 is 0 Å². The van der Waals surface area contributed by atoms with Crippen molar-refractivity contribution < 1.29 is 24.5 Å². The maximum atomic E-state index is 6.43. The summed E-state index contributed by atoms with van der Waals surface area (Å²) < 4.78 is 6.43. The number of rotatable bonds is 2. The molecule has 0 amide bonds. The van der Waals surface area contributed by atoms with Crippen molar-refractivity contribution in [2.75, 3.05) is 0 Å². The smallest absolute Gasteiger partial charge is 0.121 e. The molecule has 5 heteroatoms. The Balaban J connectivity index is 0.000000222. The molecule has 0 saturated heterocycles. The summed E-state index contributed by atoms with van der Waals surface area (Å²) in [5, 5.41) is 7.07. The molecule has 3 heterocycles. The summed E-state index contributed by atoms with van der Waals surface area (Å²) >= 11 is 0. The van der Waals surface area contributed by atoms with Crippen molar-refractivity contribution in [2.45, 2.75) is 26.2 Å². The van der Waals surface area contributed by atoms with Gasteiger partial charge in [-0.1, -0.05) is 86.3 Å². The van der Waals surface area contributed by atoms with Gasteiger partial charge in [0.25, 0.3) is 0 Å². The molecule has 0 unspecified atom stereocenters. The van der Waals surface area contributed by atoms with Crippen LogP contribution in [0.25, 0.3) is 66.0 Å². The van der Waals surface area contributed by atoms with E-state index in [1.54, 1.807) is 12.5 Å². The zero-order chi connectivity index (χ0) is 29.4. The van der Waals surface area contributed by atoms with E-state index in [1.807, 2.05) is 54.6 Å². The summed E-state index contributed by atoms with van der Waals surface area (Å²) in [5.74, 6) is 0. The van der Waals surface area contributed by atoms with E-state index in [4.69, 9.17) is 4.42 Å². The van der Waals surface area contributed by atoms with Gasteiger partial charge in [-0.15, -0.1) is 54.1 Å². The molecule has 8 aromatic rings. The Kier molecular flexibility index (Phi) is 8.09. The molecule has 0 bridgehead atoms. The van der Waals surface area contributed by atoms with Crippen LogP contribution in [0.2, 0.25) is 0 Å². The van der Waals surface area contributed by atoms with Gasteiger partial charge in [0.15, 0.2) is 0 Å². The first-order valence-corrected chi connectivity index (χ1v) is 14.4. The van der Waals surface area contributed by atoms with E-state index in [0.717, 1.165) is 50.1 Å². The summed E-state index contributed by atoms with van der Waals surface area (Å²) in [6.45, 7) is 6.46. The van der Waals surface area contributed by atoms with Crippen molar-refractivity contribution >= 4 is 43.5 Å². The fraction of sp³-hybridized carbons (Fsp3) is 0.103. The summed E-state index contributed by atoms with van der Waals surface area (Å²) in [7, 11) is 0. The van der Waals surface area contributed by atoms with Gasteiger partial charge < -0.3 is 9.40 Å². The predicted molar refractivity (Wildman–Crippen MR) is 176 cm³/mol. The maximum Gasteiger partial charge on any atom is 0.121 e. The molecule has 3 aromatic heterocycles. The second-order valence-corrected chi connectivity index (χ2v) is 11.6. The first kappa shape index (κ1) is 29.4. The van der Waals surface area contributed by atoms with E-state index in [9.17, 15) is 0 Å². The summed E-state index contributed by atoms with van der Waals surface area (Å²) in [4.78, 5) is 13.2. The number of hydrogen-bond acceptors (Lipinski definition) is 4. The van der Waals surface area contributed by atoms with E-state index in [1.165, 1.54) is 21.5 Å². The molecule has 217 valence electrons. The molecular formula is C39H29IrN3O-2. The van der Waals surface area contributed by atoms with Crippen LogP contribution in [0.15, 0.2) is 126 Å². The Morgan fingerprint density at radius 1 is 0.614 bits per heavy atom. The first-order valence-electron chi connectivity index (χ1n) is 14.4. The van der Waals surface area contributed by atoms with Crippen LogP contribution in [0.4, 0.5) is 0 Å². The Morgan fingerprint density at radius 2 is 1.43 bits per heavy atom. The van der Waals surface area contributed by atoms with Crippen LogP contribution in [0.3, 0.4) is 0 Å². The molecule has 5 aromatic carbocycles. The molecule has 0 saturated carbocycles.